The fourth-order valence-electron chi connectivity index (χ4n) is 2.41. The van der Waals surface area contributed by atoms with Crippen molar-refractivity contribution in [3.63, 3.8) is 0 Å². The summed E-state index contributed by atoms with van der Waals surface area (Å²) in [5.41, 5.74) is 0.353. The number of imidazole rings is 1. The first kappa shape index (κ1) is 18.2. The van der Waals surface area contributed by atoms with E-state index in [0.717, 1.165) is 20.5 Å². The van der Waals surface area contributed by atoms with E-state index in [-0.39, 0.29) is 23.8 Å². The molecule has 3 aromatic heterocycles. The highest BCUT2D eigenvalue weighted by Gasteiger charge is 2.19. The lowest BCUT2D eigenvalue weighted by molar-refractivity contribution is -0.391. The van der Waals surface area contributed by atoms with Crippen LogP contribution in [-0.4, -0.2) is 41.0 Å². The summed E-state index contributed by atoms with van der Waals surface area (Å²) in [4.78, 5) is 16.2. The molecule has 3 aromatic rings. The van der Waals surface area contributed by atoms with Crippen LogP contribution >= 0.6 is 11.3 Å². The van der Waals surface area contributed by atoms with E-state index in [1.807, 2.05) is 6.92 Å². The summed E-state index contributed by atoms with van der Waals surface area (Å²) >= 11 is 1.43. The number of sulfonamides is 1. The van der Waals surface area contributed by atoms with Crippen molar-refractivity contribution < 1.29 is 13.3 Å². The van der Waals surface area contributed by atoms with E-state index in [1.54, 1.807) is 25.1 Å². The standard InChI is InChI=1S/C14H16N6O4S2/c1-9-7-11(10(2)25-9)26(23,24)17-6-5-15-12-3-4-13-16-8-14(20(21)22)19(13)18-12/h3-4,7-8,17H,5-6H2,1-2H3,(H,15,18). The first-order valence-corrected chi connectivity index (χ1v) is 9.87. The van der Waals surface area contributed by atoms with Crippen LogP contribution in [0.2, 0.25) is 0 Å². The van der Waals surface area contributed by atoms with Crippen LogP contribution in [0.5, 0.6) is 0 Å². The van der Waals surface area contributed by atoms with E-state index < -0.39 is 14.9 Å². The van der Waals surface area contributed by atoms with Gasteiger partial charge in [0.15, 0.2) is 5.82 Å². The Morgan fingerprint density at radius 1 is 1.31 bits per heavy atom. The number of thiophene rings is 1. The minimum atomic E-state index is -3.57. The number of aryl methyl sites for hydroxylation is 2. The van der Waals surface area contributed by atoms with Crippen LogP contribution in [0.15, 0.2) is 29.3 Å². The number of hydrogen-bond donors (Lipinski definition) is 2. The van der Waals surface area contributed by atoms with Gasteiger partial charge in [-0.05, 0) is 30.9 Å². The molecule has 0 aliphatic carbocycles. The zero-order chi connectivity index (χ0) is 18.9. The van der Waals surface area contributed by atoms with Gasteiger partial charge in [0.25, 0.3) is 0 Å². The summed E-state index contributed by atoms with van der Waals surface area (Å²) in [6.07, 6.45) is 1.13. The van der Waals surface area contributed by atoms with E-state index in [0.29, 0.717) is 11.5 Å². The summed E-state index contributed by atoms with van der Waals surface area (Å²) in [6, 6.07) is 4.85. The Bertz CT molecular complexity index is 1070. The number of fused-ring (bicyclic) bond motifs is 1. The molecule has 0 spiro atoms. The average Bonchev–Trinajstić information content (AvgIpc) is 3.14. The minimum Gasteiger partial charge on any atom is -0.366 e. The zero-order valence-corrected chi connectivity index (χ0v) is 15.6. The van der Waals surface area contributed by atoms with Gasteiger partial charge >= 0.3 is 5.82 Å². The number of aromatic nitrogens is 3. The summed E-state index contributed by atoms with van der Waals surface area (Å²) in [6.45, 7) is 4.03. The first-order chi connectivity index (χ1) is 12.3. The predicted octanol–water partition coefficient (Wildman–Crippen LogP) is 1.71. The quantitative estimate of drug-likeness (QED) is 0.353. The normalized spacial score (nSPS) is 11.8. The van der Waals surface area contributed by atoms with E-state index in [9.17, 15) is 18.5 Å². The second kappa shape index (κ2) is 6.97. The zero-order valence-electron chi connectivity index (χ0n) is 14.0. The third-order valence-corrected chi connectivity index (χ3v) is 6.22. The van der Waals surface area contributed by atoms with E-state index in [4.69, 9.17) is 0 Å². The van der Waals surface area contributed by atoms with Crippen molar-refractivity contribution in [1.29, 1.82) is 0 Å². The van der Waals surface area contributed by atoms with Crippen LogP contribution in [0.1, 0.15) is 9.75 Å². The lowest BCUT2D eigenvalue weighted by Crippen LogP contribution is -2.29. The van der Waals surface area contributed by atoms with Crippen LogP contribution in [0.4, 0.5) is 11.6 Å². The molecule has 0 amide bonds. The number of rotatable bonds is 7. The SMILES string of the molecule is Cc1cc(S(=O)(=O)NCCNc2ccc3ncc([N+](=O)[O-])n3n2)c(C)s1. The maximum Gasteiger partial charge on any atom is 0.368 e. The molecular weight excluding hydrogens is 380 g/mol. The van der Waals surface area contributed by atoms with Crippen LogP contribution in [0.25, 0.3) is 5.65 Å². The number of anilines is 1. The Morgan fingerprint density at radius 3 is 2.73 bits per heavy atom. The number of nitro groups is 1. The van der Waals surface area contributed by atoms with Crippen LogP contribution in [-0.2, 0) is 10.0 Å². The van der Waals surface area contributed by atoms with Crippen molar-refractivity contribution >= 4 is 38.6 Å². The van der Waals surface area contributed by atoms with Crippen molar-refractivity contribution in [2.75, 3.05) is 18.4 Å². The van der Waals surface area contributed by atoms with Crippen LogP contribution in [0, 0.1) is 24.0 Å². The molecule has 0 bridgehead atoms. The van der Waals surface area contributed by atoms with Gasteiger partial charge in [0.05, 0.1) is 4.90 Å². The molecule has 0 aliphatic heterocycles. The van der Waals surface area contributed by atoms with Crippen molar-refractivity contribution in [3.05, 3.63) is 44.3 Å². The first-order valence-electron chi connectivity index (χ1n) is 7.58. The molecule has 3 rings (SSSR count). The van der Waals surface area contributed by atoms with Crippen molar-refractivity contribution in [1.82, 2.24) is 19.3 Å². The van der Waals surface area contributed by atoms with Gasteiger partial charge in [-0.2, -0.15) is 0 Å². The lowest BCUT2D eigenvalue weighted by Gasteiger charge is -2.07. The molecule has 0 saturated heterocycles. The van der Waals surface area contributed by atoms with Gasteiger partial charge in [-0.15, -0.1) is 11.3 Å². The molecule has 10 nitrogen and oxygen atoms in total. The highest BCUT2D eigenvalue weighted by Crippen LogP contribution is 2.24. The number of hydrogen-bond acceptors (Lipinski definition) is 8. The lowest BCUT2D eigenvalue weighted by atomic mass is 10.4. The predicted molar refractivity (Wildman–Crippen MR) is 97.1 cm³/mol. The minimum absolute atomic E-state index is 0.141. The average molecular weight is 396 g/mol. The topological polar surface area (TPSA) is 132 Å². The van der Waals surface area contributed by atoms with Gasteiger partial charge in [0.1, 0.15) is 6.20 Å². The van der Waals surface area contributed by atoms with Crippen LogP contribution in [0.3, 0.4) is 0 Å². The summed E-state index contributed by atoms with van der Waals surface area (Å²) < 4.78 is 28.2. The summed E-state index contributed by atoms with van der Waals surface area (Å²) in [5, 5.41) is 18.0. The fraction of sp³-hybridized carbons (Fsp3) is 0.286. The molecule has 0 aromatic carbocycles. The third-order valence-electron chi connectivity index (χ3n) is 3.54. The Labute approximate surface area is 153 Å². The molecule has 3 heterocycles. The fourth-order valence-corrected chi connectivity index (χ4v) is 4.99. The molecule has 0 fully saturated rings. The number of nitrogens with one attached hydrogen (secondary N) is 2. The Balaban J connectivity index is 1.63. The Hall–Kier alpha value is -2.57. The molecule has 0 saturated carbocycles. The van der Waals surface area contributed by atoms with Crippen LogP contribution < -0.4 is 10.0 Å². The smallest absolute Gasteiger partial charge is 0.366 e. The monoisotopic (exact) mass is 396 g/mol. The highest BCUT2D eigenvalue weighted by atomic mass is 32.2. The van der Waals surface area contributed by atoms with Gasteiger partial charge in [-0.3, -0.25) is 0 Å². The van der Waals surface area contributed by atoms with Crippen molar-refractivity contribution in [2.45, 2.75) is 18.7 Å². The second-order valence-electron chi connectivity index (χ2n) is 5.46. The van der Waals surface area contributed by atoms with E-state index >= 15 is 0 Å². The van der Waals surface area contributed by atoms with Crippen molar-refractivity contribution in [3.8, 4) is 0 Å². The second-order valence-corrected chi connectivity index (χ2v) is 8.66. The van der Waals surface area contributed by atoms with Gasteiger partial charge in [0, 0.05) is 28.9 Å². The molecule has 138 valence electrons. The van der Waals surface area contributed by atoms with E-state index in [2.05, 4.69) is 20.1 Å². The molecule has 12 heteroatoms. The van der Waals surface area contributed by atoms with Crippen molar-refractivity contribution in [2.24, 2.45) is 0 Å². The largest absolute Gasteiger partial charge is 0.368 e. The molecular formula is C14H16N6O4S2. The molecule has 0 radical (unpaired) electrons. The summed E-state index contributed by atoms with van der Waals surface area (Å²) in [5.74, 6) is 0.132. The molecule has 0 atom stereocenters. The third kappa shape index (κ3) is 3.66. The van der Waals surface area contributed by atoms with Gasteiger partial charge < -0.3 is 15.4 Å². The van der Waals surface area contributed by atoms with E-state index in [1.165, 1.54) is 11.3 Å². The maximum atomic E-state index is 12.3. The highest BCUT2D eigenvalue weighted by molar-refractivity contribution is 7.89. The molecule has 0 aliphatic rings. The summed E-state index contributed by atoms with van der Waals surface area (Å²) in [7, 11) is -3.57. The van der Waals surface area contributed by atoms with Gasteiger partial charge in [0.2, 0.25) is 15.7 Å². The van der Waals surface area contributed by atoms with Gasteiger partial charge in [-0.1, -0.05) is 9.61 Å². The Morgan fingerprint density at radius 2 is 2.08 bits per heavy atom. The molecule has 26 heavy (non-hydrogen) atoms. The number of nitrogens with zero attached hydrogens (tertiary/aromatic N) is 4. The molecule has 0 unspecified atom stereocenters. The van der Waals surface area contributed by atoms with Gasteiger partial charge in [-0.25, -0.2) is 18.1 Å². The molecule has 2 N–H and O–H groups in total. The maximum absolute atomic E-state index is 12.3. The Kier molecular flexibility index (Phi) is 4.89.